The predicted molar refractivity (Wildman–Crippen MR) is 70.8 cm³/mol. The fourth-order valence-electron chi connectivity index (χ4n) is 2.28. The van der Waals surface area contributed by atoms with Gasteiger partial charge in [0.2, 0.25) is 0 Å². The molecule has 1 unspecified atom stereocenters. The summed E-state index contributed by atoms with van der Waals surface area (Å²) in [4.78, 5) is 4.27. The molecular formula is C14H26N2O. The molecule has 0 saturated heterocycles. The van der Waals surface area contributed by atoms with Crippen molar-refractivity contribution in [1.29, 1.82) is 0 Å². The lowest BCUT2D eigenvalue weighted by Crippen LogP contribution is -2.16. The Morgan fingerprint density at radius 2 is 2.12 bits per heavy atom. The Bertz CT molecular complexity index is 325. The maximum absolute atomic E-state index is 5.50. The van der Waals surface area contributed by atoms with Gasteiger partial charge >= 0.3 is 0 Å². The molecule has 3 heteroatoms. The van der Waals surface area contributed by atoms with Crippen LogP contribution in [0.5, 0.6) is 0 Å². The molecule has 0 saturated carbocycles. The van der Waals surface area contributed by atoms with E-state index < -0.39 is 0 Å². The molecule has 1 aromatic heterocycles. The molecule has 0 aliphatic rings. The van der Waals surface area contributed by atoms with Crippen molar-refractivity contribution >= 4 is 0 Å². The standard InChI is InChI=1S/C14H26N2O/c1-6-15-9-12-13(17-10-16-12)7-11(2)8-14(3,4)5/h10-11,15H,6-9H2,1-5H3. The summed E-state index contributed by atoms with van der Waals surface area (Å²) in [5.41, 5.74) is 1.44. The maximum atomic E-state index is 5.50. The number of oxazole rings is 1. The van der Waals surface area contributed by atoms with Gasteiger partial charge in [-0.25, -0.2) is 4.98 Å². The van der Waals surface area contributed by atoms with Crippen LogP contribution in [-0.2, 0) is 13.0 Å². The average molecular weight is 238 g/mol. The second-order valence-corrected chi connectivity index (χ2v) is 6.08. The highest BCUT2D eigenvalue weighted by Gasteiger charge is 2.18. The number of nitrogens with one attached hydrogen (secondary N) is 1. The smallest absolute Gasteiger partial charge is 0.181 e. The van der Waals surface area contributed by atoms with Crippen LogP contribution < -0.4 is 5.32 Å². The van der Waals surface area contributed by atoms with Crippen molar-refractivity contribution in [2.24, 2.45) is 11.3 Å². The summed E-state index contributed by atoms with van der Waals surface area (Å²) in [5.74, 6) is 1.67. The molecule has 0 amide bonds. The van der Waals surface area contributed by atoms with Crippen LogP contribution in [0.3, 0.4) is 0 Å². The molecule has 1 N–H and O–H groups in total. The summed E-state index contributed by atoms with van der Waals surface area (Å²) in [6, 6.07) is 0. The quantitative estimate of drug-likeness (QED) is 0.825. The number of hydrogen-bond acceptors (Lipinski definition) is 3. The van der Waals surface area contributed by atoms with Crippen LogP contribution in [0.4, 0.5) is 0 Å². The first-order chi connectivity index (χ1) is 7.92. The number of hydrogen-bond donors (Lipinski definition) is 1. The van der Waals surface area contributed by atoms with Gasteiger partial charge in [0, 0.05) is 13.0 Å². The second-order valence-electron chi connectivity index (χ2n) is 6.08. The predicted octanol–water partition coefficient (Wildman–Crippen LogP) is 3.40. The molecule has 1 heterocycles. The van der Waals surface area contributed by atoms with Crippen molar-refractivity contribution in [3.05, 3.63) is 17.8 Å². The second kappa shape index (κ2) is 6.20. The fourth-order valence-corrected chi connectivity index (χ4v) is 2.28. The van der Waals surface area contributed by atoms with Crippen LogP contribution in [-0.4, -0.2) is 11.5 Å². The maximum Gasteiger partial charge on any atom is 0.181 e. The van der Waals surface area contributed by atoms with E-state index >= 15 is 0 Å². The molecule has 1 rings (SSSR count). The van der Waals surface area contributed by atoms with Gasteiger partial charge in [-0.3, -0.25) is 0 Å². The van der Waals surface area contributed by atoms with Crippen molar-refractivity contribution in [3.63, 3.8) is 0 Å². The van der Waals surface area contributed by atoms with Crippen LogP contribution in [0.15, 0.2) is 10.8 Å². The van der Waals surface area contributed by atoms with Crippen LogP contribution in [0.1, 0.15) is 52.5 Å². The van der Waals surface area contributed by atoms with Gasteiger partial charge in [-0.15, -0.1) is 0 Å². The normalized spacial score (nSPS) is 13.9. The molecule has 17 heavy (non-hydrogen) atoms. The van der Waals surface area contributed by atoms with E-state index in [9.17, 15) is 0 Å². The van der Waals surface area contributed by atoms with E-state index in [4.69, 9.17) is 4.42 Å². The third-order valence-corrected chi connectivity index (χ3v) is 2.76. The molecule has 0 aliphatic carbocycles. The van der Waals surface area contributed by atoms with E-state index in [-0.39, 0.29) is 0 Å². The molecule has 0 radical (unpaired) electrons. The van der Waals surface area contributed by atoms with Gasteiger partial charge in [-0.05, 0) is 24.3 Å². The largest absolute Gasteiger partial charge is 0.448 e. The third kappa shape index (κ3) is 5.35. The number of aromatic nitrogens is 1. The Kier molecular flexibility index (Phi) is 5.19. The van der Waals surface area contributed by atoms with E-state index in [2.05, 4.69) is 44.9 Å². The molecule has 0 aliphatic heterocycles. The molecule has 0 bridgehead atoms. The first-order valence-electron chi connectivity index (χ1n) is 6.54. The van der Waals surface area contributed by atoms with E-state index in [1.165, 1.54) is 6.42 Å². The van der Waals surface area contributed by atoms with Crippen LogP contribution in [0.25, 0.3) is 0 Å². The zero-order valence-corrected chi connectivity index (χ0v) is 11.8. The lowest BCUT2D eigenvalue weighted by molar-refractivity contribution is 0.295. The van der Waals surface area contributed by atoms with E-state index in [1.54, 1.807) is 6.39 Å². The Labute approximate surface area is 105 Å². The summed E-state index contributed by atoms with van der Waals surface area (Å²) in [7, 11) is 0. The summed E-state index contributed by atoms with van der Waals surface area (Å²) in [6.45, 7) is 13.0. The van der Waals surface area contributed by atoms with Gasteiger partial charge in [-0.1, -0.05) is 34.6 Å². The van der Waals surface area contributed by atoms with Crippen LogP contribution >= 0.6 is 0 Å². The Morgan fingerprint density at radius 3 is 2.71 bits per heavy atom. The SMILES string of the molecule is CCNCc1ncoc1CC(C)CC(C)(C)C. The van der Waals surface area contributed by atoms with Gasteiger partial charge in [-0.2, -0.15) is 0 Å². The molecule has 1 aromatic rings. The summed E-state index contributed by atoms with van der Waals surface area (Å²) < 4.78 is 5.50. The van der Waals surface area contributed by atoms with E-state index in [0.29, 0.717) is 11.3 Å². The molecule has 98 valence electrons. The summed E-state index contributed by atoms with van der Waals surface area (Å²) in [5, 5.41) is 3.29. The minimum absolute atomic E-state index is 0.376. The summed E-state index contributed by atoms with van der Waals surface area (Å²) in [6.07, 6.45) is 3.75. The van der Waals surface area contributed by atoms with Gasteiger partial charge in [0.25, 0.3) is 0 Å². The molecule has 0 aromatic carbocycles. The Balaban J connectivity index is 2.53. The minimum Gasteiger partial charge on any atom is -0.448 e. The lowest BCUT2D eigenvalue weighted by atomic mass is 9.83. The monoisotopic (exact) mass is 238 g/mol. The molecular weight excluding hydrogens is 212 g/mol. The van der Waals surface area contributed by atoms with E-state index in [1.807, 2.05) is 0 Å². The Morgan fingerprint density at radius 1 is 1.41 bits per heavy atom. The fraction of sp³-hybridized carbons (Fsp3) is 0.786. The van der Waals surface area contributed by atoms with Gasteiger partial charge < -0.3 is 9.73 Å². The first-order valence-corrected chi connectivity index (χ1v) is 6.54. The average Bonchev–Trinajstić information content (AvgIpc) is 2.59. The van der Waals surface area contributed by atoms with Gasteiger partial charge in [0.05, 0.1) is 5.69 Å². The highest BCUT2D eigenvalue weighted by molar-refractivity contribution is 5.07. The highest BCUT2D eigenvalue weighted by atomic mass is 16.3. The van der Waals surface area contributed by atoms with Crippen molar-refractivity contribution in [1.82, 2.24) is 10.3 Å². The molecule has 3 nitrogen and oxygen atoms in total. The Hall–Kier alpha value is -0.830. The van der Waals surface area contributed by atoms with E-state index in [0.717, 1.165) is 31.0 Å². The zero-order valence-electron chi connectivity index (χ0n) is 11.8. The molecule has 1 atom stereocenters. The van der Waals surface area contributed by atoms with Crippen molar-refractivity contribution in [2.75, 3.05) is 6.54 Å². The van der Waals surface area contributed by atoms with Gasteiger partial charge in [0.15, 0.2) is 6.39 Å². The number of rotatable bonds is 6. The third-order valence-electron chi connectivity index (χ3n) is 2.76. The molecule has 0 spiro atoms. The highest BCUT2D eigenvalue weighted by Crippen LogP contribution is 2.26. The zero-order chi connectivity index (χ0) is 12.9. The lowest BCUT2D eigenvalue weighted by Gasteiger charge is -2.22. The van der Waals surface area contributed by atoms with Crippen molar-refractivity contribution < 1.29 is 4.42 Å². The van der Waals surface area contributed by atoms with Crippen LogP contribution in [0, 0.1) is 11.3 Å². The minimum atomic E-state index is 0.376. The van der Waals surface area contributed by atoms with Crippen molar-refractivity contribution in [3.8, 4) is 0 Å². The van der Waals surface area contributed by atoms with Crippen LogP contribution in [0.2, 0.25) is 0 Å². The first kappa shape index (κ1) is 14.2. The molecule has 0 fully saturated rings. The number of nitrogens with zero attached hydrogens (tertiary/aromatic N) is 1. The van der Waals surface area contributed by atoms with Gasteiger partial charge in [0.1, 0.15) is 5.76 Å². The topological polar surface area (TPSA) is 38.1 Å². The van der Waals surface area contributed by atoms with Crippen molar-refractivity contribution in [2.45, 2.75) is 54.0 Å². The summed E-state index contributed by atoms with van der Waals surface area (Å²) >= 11 is 0.